The number of carbonyl (C=O) groups excluding carboxylic acids is 1. The zero-order valence-electron chi connectivity index (χ0n) is 14.3. The van der Waals surface area contributed by atoms with Crippen LogP contribution in [0.5, 0.6) is 0 Å². The van der Waals surface area contributed by atoms with E-state index >= 15 is 0 Å². The number of halogens is 1. The molecule has 1 atom stereocenters. The van der Waals surface area contributed by atoms with Crippen LogP contribution < -0.4 is 10.9 Å². The third-order valence-electron chi connectivity index (χ3n) is 4.74. The molecule has 2 aromatic heterocycles. The number of rotatable bonds is 3. The molecular formula is C19H18ClN3O2S. The second kappa shape index (κ2) is 6.85. The number of nitrogens with one attached hydrogen (secondary N) is 1. The molecule has 26 heavy (non-hydrogen) atoms. The first kappa shape index (κ1) is 17.2. The summed E-state index contributed by atoms with van der Waals surface area (Å²) in [5, 5.41) is 3.89. The van der Waals surface area contributed by atoms with E-state index in [1.54, 1.807) is 35.6 Å². The minimum Gasteiger partial charge on any atom is -0.323 e. The van der Waals surface area contributed by atoms with Crippen molar-refractivity contribution >= 4 is 44.7 Å². The highest BCUT2D eigenvalue weighted by molar-refractivity contribution is 7.18. The van der Waals surface area contributed by atoms with Crippen LogP contribution in [-0.2, 0) is 24.2 Å². The van der Waals surface area contributed by atoms with Crippen LogP contribution >= 0.6 is 22.9 Å². The molecule has 7 heteroatoms. The van der Waals surface area contributed by atoms with Gasteiger partial charge in [-0.25, -0.2) is 4.98 Å². The van der Waals surface area contributed by atoms with Gasteiger partial charge in [0.05, 0.1) is 22.4 Å². The second-order valence-corrected chi connectivity index (χ2v) is 8.23. The van der Waals surface area contributed by atoms with Crippen molar-refractivity contribution in [2.45, 2.75) is 32.7 Å². The Hall–Kier alpha value is -2.18. The molecule has 2 heterocycles. The van der Waals surface area contributed by atoms with Gasteiger partial charge in [0.1, 0.15) is 11.4 Å². The fourth-order valence-corrected chi connectivity index (χ4v) is 4.91. The third-order valence-corrected chi connectivity index (χ3v) is 6.24. The molecule has 0 radical (unpaired) electrons. The molecule has 0 spiro atoms. The maximum Gasteiger partial charge on any atom is 0.262 e. The van der Waals surface area contributed by atoms with E-state index in [-0.39, 0.29) is 18.0 Å². The van der Waals surface area contributed by atoms with E-state index in [9.17, 15) is 9.59 Å². The van der Waals surface area contributed by atoms with Gasteiger partial charge in [-0.15, -0.1) is 11.3 Å². The van der Waals surface area contributed by atoms with Crippen LogP contribution in [0.1, 0.15) is 23.8 Å². The molecule has 1 amide bonds. The van der Waals surface area contributed by atoms with Crippen molar-refractivity contribution in [3.8, 4) is 0 Å². The highest BCUT2D eigenvalue weighted by Gasteiger charge is 2.23. The van der Waals surface area contributed by atoms with E-state index in [1.807, 2.05) is 0 Å². The van der Waals surface area contributed by atoms with Crippen molar-refractivity contribution in [1.29, 1.82) is 0 Å². The van der Waals surface area contributed by atoms with E-state index in [0.29, 0.717) is 22.0 Å². The zero-order valence-corrected chi connectivity index (χ0v) is 15.9. The van der Waals surface area contributed by atoms with Crippen LogP contribution in [0.4, 0.5) is 5.69 Å². The van der Waals surface area contributed by atoms with E-state index in [2.05, 4.69) is 17.2 Å². The van der Waals surface area contributed by atoms with Crippen molar-refractivity contribution in [2.75, 3.05) is 5.32 Å². The van der Waals surface area contributed by atoms with Crippen molar-refractivity contribution in [3.05, 3.63) is 56.4 Å². The summed E-state index contributed by atoms with van der Waals surface area (Å²) in [5.74, 6) is 0.332. The number of carbonyl (C=O) groups is 1. The van der Waals surface area contributed by atoms with Crippen LogP contribution in [-0.4, -0.2) is 15.5 Å². The minimum atomic E-state index is -0.306. The van der Waals surface area contributed by atoms with Gasteiger partial charge in [0, 0.05) is 4.88 Å². The number of fused-ring (bicyclic) bond motifs is 3. The summed E-state index contributed by atoms with van der Waals surface area (Å²) < 4.78 is 1.37. The fourth-order valence-electron chi connectivity index (χ4n) is 3.39. The van der Waals surface area contributed by atoms with E-state index in [0.717, 1.165) is 29.7 Å². The summed E-state index contributed by atoms with van der Waals surface area (Å²) >= 11 is 7.67. The summed E-state index contributed by atoms with van der Waals surface area (Å²) in [6.45, 7) is 2.14. The molecule has 1 N–H and O–H groups in total. The van der Waals surface area contributed by atoms with Gasteiger partial charge in [0.15, 0.2) is 0 Å². The molecule has 1 unspecified atom stereocenters. The summed E-state index contributed by atoms with van der Waals surface area (Å²) in [7, 11) is 0. The Balaban J connectivity index is 1.63. The summed E-state index contributed by atoms with van der Waals surface area (Å²) in [5.41, 5.74) is 1.51. The SMILES string of the molecule is CC1CCc2c(sc3ncn(CC(=O)Nc4ccccc4Cl)c(=O)c23)C1. The van der Waals surface area contributed by atoms with Crippen LogP contribution in [0.2, 0.25) is 5.02 Å². The quantitative estimate of drug-likeness (QED) is 0.741. The van der Waals surface area contributed by atoms with Crippen molar-refractivity contribution in [2.24, 2.45) is 5.92 Å². The Morgan fingerprint density at radius 1 is 1.42 bits per heavy atom. The monoisotopic (exact) mass is 387 g/mol. The second-order valence-electron chi connectivity index (χ2n) is 6.74. The molecule has 0 bridgehead atoms. The van der Waals surface area contributed by atoms with Gasteiger partial charge in [-0.3, -0.25) is 14.2 Å². The van der Waals surface area contributed by atoms with Crippen molar-refractivity contribution in [1.82, 2.24) is 9.55 Å². The molecule has 1 aromatic carbocycles. The topological polar surface area (TPSA) is 64.0 Å². The Labute approximate surface area is 159 Å². The molecule has 1 aliphatic rings. The Kier molecular flexibility index (Phi) is 4.54. The number of nitrogens with zero attached hydrogens (tertiary/aromatic N) is 2. The number of para-hydroxylation sites is 1. The lowest BCUT2D eigenvalue weighted by molar-refractivity contribution is -0.116. The smallest absolute Gasteiger partial charge is 0.262 e. The maximum absolute atomic E-state index is 12.9. The highest BCUT2D eigenvalue weighted by atomic mass is 35.5. The molecule has 0 fully saturated rings. The maximum atomic E-state index is 12.9. The van der Waals surface area contributed by atoms with Gasteiger partial charge in [0.2, 0.25) is 5.91 Å². The number of hydrogen-bond acceptors (Lipinski definition) is 4. The van der Waals surface area contributed by atoms with Crippen molar-refractivity contribution in [3.63, 3.8) is 0 Å². The Morgan fingerprint density at radius 3 is 3.04 bits per heavy atom. The molecular weight excluding hydrogens is 370 g/mol. The lowest BCUT2D eigenvalue weighted by atomic mass is 9.89. The predicted molar refractivity (Wildman–Crippen MR) is 105 cm³/mol. The first-order chi connectivity index (χ1) is 12.5. The van der Waals surface area contributed by atoms with Crippen LogP contribution in [0.15, 0.2) is 35.4 Å². The number of hydrogen-bond donors (Lipinski definition) is 1. The standard InChI is InChI=1S/C19H18ClN3O2S/c1-11-6-7-12-15(8-11)26-18-17(12)19(25)23(10-21-18)9-16(24)22-14-5-3-2-4-13(14)20/h2-5,10-11H,6-9H2,1H3,(H,22,24). The largest absolute Gasteiger partial charge is 0.323 e. The molecule has 0 saturated carbocycles. The normalized spacial score (nSPS) is 16.5. The van der Waals surface area contributed by atoms with Crippen LogP contribution in [0, 0.1) is 5.92 Å². The molecule has 134 valence electrons. The minimum absolute atomic E-state index is 0.0893. The zero-order chi connectivity index (χ0) is 18.3. The number of aryl methyl sites for hydroxylation is 1. The molecule has 3 aromatic rings. The van der Waals surface area contributed by atoms with Gasteiger partial charge in [-0.05, 0) is 42.9 Å². The average Bonchev–Trinajstić information content (AvgIpc) is 2.97. The summed E-state index contributed by atoms with van der Waals surface area (Å²) in [6.07, 6.45) is 4.45. The summed E-state index contributed by atoms with van der Waals surface area (Å²) in [4.78, 5) is 31.7. The number of amides is 1. The lowest BCUT2D eigenvalue weighted by Crippen LogP contribution is -2.28. The molecule has 4 rings (SSSR count). The van der Waals surface area contributed by atoms with Crippen LogP contribution in [0.25, 0.3) is 10.2 Å². The highest BCUT2D eigenvalue weighted by Crippen LogP contribution is 2.35. The number of benzene rings is 1. The average molecular weight is 388 g/mol. The molecule has 1 aliphatic carbocycles. The lowest BCUT2D eigenvalue weighted by Gasteiger charge is -2.17. The van der Waals surface area contributed by atoms with Crippen LogP contribution in [0.3, 0.4) is 0 Å². The van der Waals surface area contributed by atoms with Gasteiger partial charge < -0.3 is 5.32 Å². The van der Waals surface area contributed by atoms with E-state index in [4.69, 9.17) is 11.6 Å². The Morgan fingerprint density at radius 2 is 2.23 bits per heavy atom. The third kappa shape index (κ3) is 3.15. The predicted octanol–water partition coefficient (Wildman–Crippen LogP) is 3.87. The van der Waals surface area contributed by atoms with Crippen molar-refractivity contribution < 1.29 is 4.79 Å². The number of thiophene rings is 1. The first-order valence-electron chi connectivity index (χ1n) is 8.57. The molecule has 0 aliphatic heterocycles. The van der Waals surface area contributed by atoms with Gasteiger partial charge in [-0.2, -0.15) is 0 Å². The Bertz CT molecular complexity index is 1060. The van der Waals surface area contributed by atoms with Gasteiger partial charge in [0.25, 0.3) is 5.56 Å². The van der Waals surface area contributed by atoms with E-state index < -0.39 is 0 Å². The summed E-state index contributed by atoms with van der Waals surface area (Å²) in [6, 6.07) is 7.01. The first-order valence-corrected chi connectivity index (χ1v) is 9.76. The molecule has 5 nitrogen and oxygen atoms in total. The molecule has 0 saturated heterocycles. The number of aromatic nitrogens is 2. The fraction of sp³-hybridized carbons (Fsp3) is 0.316. The van der Waals surface area contributed by atoms with E-state index in [1.165, 1.54) is 15.8 Å². The van der Waals surface area contributed by atoms with Gasteiger partial charge in [-0.1, -0.05) is 30.7 Å². The van der Waals surface area contributed by atoms with Gasteiger partial charge >= 0.3 is 0 Å². The number of anilines is 1.